The Balaban J connectivity index is 1.55. The largest absolute Gasteiger partial charge is 0.486 e. The Hall–Kier alpha value is -2.49. The molecule has 0 saturated carbocycles. The number of rotatable bonds is 2. The molecule has 1 aliphatic carbocycles. The minimum atomic E-state index is -0.0758. The van der Waals surface area contributed by atoms with Crippen LogP contribution in [0.1, 0.15) is 29.9 Å². The van der Waals surface area contributed by atoms with Crippen LogP contribution in [0.3, 0.4) is 0 Å². The van der Waals surface area contributed by atoms with Crippen molar-refractivity contribution in [3.8, 4) is 11.5 Å². The summed E-state index contributed by atoms with van der Waals surface area (Å²) >= 11 is 0. The minimum Gasteiger partial charge on any atom is -0.486 e. The third kappa shape index (κ3) is 2.77. The molecule has 4 rings (SSSR count). The summed E-state index contributed by atoms with van der Waals surface area (Å²) in [6.07, 6.45) is 3.01. The van der Waals surface area contributed by atoms with Gasteiger partial charge in [-0.25, -0.2) is 0 Å². The maximum Gasteiger partial charge on any atom is 0.231 e. The molecule has 2 aliphatic rings. The number of hydrogen-bond donors (Lipinski definition) is 1. The second-order valence-corrected chi connectivity index (χ2v) is 5.99. The minimum absolute atomic E-state index is 0.0498. The lowest BCUT2D eigenvalue weighted by molar-refractivity contribution is -0.117. The molecule has 4 heteroatoms. The molecule has 118 valence electrons. The highest BCUT2D eigenvalue weighted by molar-refractivity contribution is 5.96. The summed E-state index contributed by atoms with van der Waals surface area (Å²) in [6, 6.07) is 13.8. The molecule has 0 radical (unpaired) electrons. The van der Waals surface area contributed by atoms with E-state index < -0.39 is 0 Å². The molecular weight excluding hydrogens is 290 g/mol. The first-order valence-electron chi connectivity index (χ1n) is 8.09. The van der Waals surface area contributed by atoms with Crippen molar-refractivity contribution in [2.24, 2.45) is 0 Å². The van der Waals surface area contributed by atoms with Crippen LogP contribution in [0.2, 0.25) is 0 Å². The van der Waals surface area contributed by atoms with E-state index in [9.17, 15) is 4.79 Å². The zero-order valence-corrected chi connectivity index (χ0v) is 12.9. The maximum absolute atomic E-state index is 12.7. The van der Waals surface area contributed by atoms with Crippen LogP contribution >= 0.6 is 0 Å². The van der Waals surface area contributed by atoms with Gasteiger partial charge < -0.3 is 14.8 Å². The van der Waals surface area contributed by atoms with Crippen LogP contribution in [0.4, 0.5) is 5.69 Å². The molecule has 0 saturated heterocycles. The number of nitrogens with one attached hydrogen (secondary N) is 1. The van der Waals surface area contributed by atoms with Crippen molar-refractivity contribution < 1.29 is 14.3 Å². The average Bonchev–Trinajstić information content (AvgIpc) is 2.61. The molecule has 0 bridgehead atoms. The van der Waals surface area contributed by atoms with E-state index in [0.29, 0.717) is 19.0 Å². The molecule has 1 heterocycles. The van der Waals surface area contributed by atoms with Gasteiger partial charge >= 0.3 is 0 Å². The molecule has 1 unspecified atom stereocenters. The second kappa shape index (κ2) is 5.95. The Labute approximate surface area is 135 Å². The molecule has 4 nitrogen and oxygen atoms in total. The molecule has 2 aromatic carbocycles. The normalized spacial score (nSPS) is 18.9. The van der Waals surface area contributed by atoms with E-state index >= 15 is 0 Å². The second-order valence-electron chi connectivity index (χ2n) is 5.99. The Morgan fingerprint density at radius 3 is 2.78 bits per heavy atom. The highest BCUT2D eigenvalue weighted by Gasteiger charge is 2.26. The molecule has 1 N–H and O–H groups in total. The van der Waals surface area contributed by atoms with Crippen LogP contribution in [0.5, 0.6) is 11.5 Å². The number of carbonyl (C=O) groups excluding carboxylic acids is 1. The molecular formula is C19H19NO3. The lowest BCUT2D eigenvalue weighted by atomic mass is 9.82. The van der Waals surface area contributed by atoms with Gasteiger partial charge in [-0.1, -0.05) is 24.3 Å². The molecule has 1 aliphatic heterocycles. The van der Waals surface area contributed by atoms with E-state index in [1.807, 2.05) is 30.3 Å². The lowest BCUT2D eigenvalue weighted by Gasteiger charge is -2.25. The van der Waals surface area contributed by atoms with Gasteiger partial charge in [0.15, 0.2) is 11.5 Å². The average molecular weight is 309 g/mol. The van der Waals surface area contributed by atoms with E-state index in [-0.39, 0.29) is 11.8 Å². The number of fused-ring (bicyclic) bond motifs is 2. The third-order valence-corrected chi connectivity index (χ3v) is 4.50. The van der Waals surface area contributed by atoms with Gasteiger partial charge in [0.1, 0.15) is 13.2 Å². The number of aryl methyl sites for hydroxylation is 1. The fraction of sp³-hybridized carbons (Fsp3) is 0.316. The fourth-order valence-corrected chi connectivity index (χ4v) is 3.38. The number of hydrogen-bond acceptors (Lipinski definition) is 3. The van der Waals surface area contributed by atoms with Gasteiger partial charge in [0, 0.05) is 11.8 Å². The van der Waals surface area contributed by atoms with Crippen molar-refractivity contribution in [3.05, 3.63) is 53.6 Å². The van der Waals surface area contributed by atoms with Gasteiger partial charge in [-0.15, -0.1) is 0 Å². The highest BCUT2D eigenvalue weighted by atomic mass is 16.6. The van der Waals surface area contributed by atoms with Crippen molar-refractivity contribution in [3.63, 3.8) is 0 Å². The Morgan fingerprint density at radius 1 is 1.04 bits per heavy atom. The van der Waals surface area contributed by atoms with Gasteiger partial charge in [-0.05, 0) is 42.5 Å². The number of anilines is 1. The summed E-state index contributed by atoms with van der Waals surface area (Å²) in [7, 11) is 0. The van der Waals surface area contributed by atoms with Crippen LogP contribution in [0.15, 0.2) is 42.5 Å². The van der Waals surface area contributed by atoms with Gasteiger partial charge in [0.2, 0.25) is 5.91 Å². The van der Waals surface area contributed by atoms with Gasteiger partial charge in [-0.2, -0.15) is 0 Å². The van der Waals surface area contributed by atoms with Gasteiger partial charge in [-0.3, -0.25) is 4.79 Å². The van der Waals surface area contributed by atoms with Crippen LogP contribution in [-0.4, -0.2) is 19.1 Å². The molecule has 0 spiro atoms. The monoisotopic (exact) mass is 309 g/mol. The van der Waals surface area contributed by atoms with E-state index in [1.54, 1.807) is 0 Å². The SMILES string of the molecule is O=C(Nc1ccc2c(c1)OCCO2)C1CCCc2ccccc21. The zero-order chi connectivity index (χ0) is 15.6. The third-order valence-electron chi connectivity index (χ3n) is 4.50. The summed E-state index contributed by atoms with van der Waals surface area (Å²) in [5.74, 6) is 1.40. The predicted molar refractivity (Wildman–Crippen MR) is 88.2 cm³/mol. The summed E-state index contributed by atoms with van der Waals surface area (Å²) in [5.41, 5.74) is 3.21. The number of carbonyl (C=O) groups is 1. The summed E-state index contributed by atoms with van der Waals surface area (Å²) in [5, 5.41) is 3.03. The number of ether oxygens (including phenoxy) is 2. The molecule has 1 atom stereocenters. The Morgan fingerprint density at radius 2 is 1.87 bits per heavy atom. The van der Waals surface area contributed by atoms with Gasteiger partial charge in [0.25, 0.3) is 0 Å². The zero-order valence-electron chi connectivity index (χ0n) is 12.9. The van der Waals surface area contributed by atoms with Gasteiger partial charge in [0.05, 0.1) is 5.92 Å². The molecule has 23 heavy (non-hydrogen) atoms. The van der Waals surface area contributed by atoms with Crippen LogP contribution in [-0.2, 0) is 11.2 Å². The molecule has 2 aromatic rings. The van der Waals surface area contributed by atoms with E-state index in [0.717, 1.165) is 36.3 Å². The van der Waals surface area contributed by atoms with Crippen LogP contribution in [0, 0.1) is 0 Å². The quantitative estimate of drug-likeness (QED) is 0.923. The van der Waals surface area contributed by atoms with Crippen LogP contribution < -0.4 is 14.8 Å². The first-order chi connectivity index (χ1) is 11.3. The fourth-order valence-electron chi connectivity index (χ4n) is 3.38. The van der Waals surface area contributed by atoms with Crippen molar-refractivity contribution in [1.29, 1.82) is 0 Å². The van der Waals surface area contributed by atoms with Crippen molar-refractivity contribution in [2.45, 2.75) is 25.2 Å². The summed E-state index contributed by atoms with van der Waals surface area (Å²) in [6.45, 7) is 1.11. The summed E-state index contributed by atoms with van der Waals surface area (Å²) in [4.78, 5) is 12.7. The Bertz CT molecular complexity index is 741. The van der Waals surface area contributed by atoms with E-state index in [4.69, 9.17) is 9.47 Å². The first kappa shape index (κ1) is 14.1. The van der Waals surface area contributed by atoms with E-state index in [2.05, 4.69) is 17.4 Å². The lowest BCUT2D eigenvalue weighted by Crippen LogP contribution is -2.24. The topological polar surface area (TPSA) is 47.6 Å². The van der Waals surface area contributed by atoms with Crippen molar-refractivity contribution in [1.82, 2.24) is 0 Å². The van der Waals surface area contributed by atoms with Crippen molar-refractivity contribution >= 4 is 11.6 Å². The standard InChI is InChI=1S/C19H19NO3/c21-19(16-7-3-5-13-4-1-2-6-15(13)16)20-14-8-9-17-18(12-14)23-11-10-22-17/h1-2,4,6,8-9,12,16H,3,5,7,10-11H2,(H,20,21). The van der Waals surface area contributed by atoms with E-state index in [1.165, 1.54) is 5.56 Å². The number of amides is 1. The maximum atomic E-state index is 12.7. The number of benzene rings is 2. The highest BCUT2D eigenvalue weighted by Crippen LogP contribution is 2.35. The molecule has 0 aromatic heterocycles. The summed E-state index contributed by atoms with van der Waals surface area (Å²) < 4.78 is 11.1. The molecule has 0 fully saturated rings. The predicted octanol–water partition coefficient (Wildman–Crippen LogP) is 3.52. The van der Waals surface area contributed by atoms with Crippen LogP contribution in [0.25, 0.3) is 0 Å². The first-order valence-corrected chi connectivity index (χ1v) is 8.09. The smallest absolute Gasteiger partial charge is 0.231 e. The van der Waals surface area contributed by atoms with Crippen molar-refractivity contribution in [2.75, 3.05) is 18.5 Å². The molecule has 1 amide bonds. The Kier molecular flexibility index (Phi) is 3.66.